The highest BCUT2D eigenvalue weighted by Gasteiger charge is 2.11. The van der Waals surface area contributed by atoms with Crippen molar-refractivity contribution in [2.75, 3.05) is 11.1 Å². The second-order valence-electron chi connectivity index (χ2n) is 4.21. The third-order valence-corrected chi connectivity index (χ3v) is 2.89. The summed E-state index contributed by atoms with van der Waals surface area (Å²) in [4.78, 5) is 12.0. The zero-order chi connectivity index (χ0) is 13.8. The molecule has 19 heavy (non-hydrogen) atoms. The van der Waals surface area contributed by atoms with E-state index in [1.165, 1.54) is 0 Å². The third-order valence-electron chi connectivity index (χ3n) is 2.65. The van der Waals surface area contributed by atoms with Gasteiger partial charge in [-0.25, -0.2) is 0 Å². The van der Waals surface area contributed by atoms with Crippen molar-refractivity contribution in [3.8, 4) is 0 Å². The van der Waals surface area contributed by atoms with Crippen molar-refractivity contribution in [3.05, 3.63) is 40.5 Å². The van der Waals surface area contributed by atoms with Crippen LogP contribution in [0.25, 0.3) is 0 Å². The molecule has 6 heteroatoms. The number of benzene rings is 1. The standard InChI is InChI=1S/C13H15ClN4O/c1-2-3-9-7-12(18-17-9)16-13(19)10-5-4-8(14)6-11(10)15/h4-7H,2-3,15H2,1H3,(H2,16,17,18,19). The van der Waals surface area contributed by atoms with Gasteiger partial charge in [-0.15, -0.1) is 0 Å². The van der Waals surface area contributed by atoms with Crippen molar-refractivity contribution >= 4 is 29.0 Å². The number of nitrogens with one attached hydrogen (secondary N) is 2. The lowest BCUT2D eigenvalue weighted by Gasteiger charge is -2.05. The largest absolute Gasteiger partial charge is 0.398 e. The second kappa shape index (κ2) is 5.75. The maximum Gasteiger partial charge on any atom is 0.258 e. The minimum Gasteiger partial charge on any atom is -0.398 e. The molecule has 100 valence electrons. The number of nitrogens with zero attached hydrogens (tertiary/aromatic N) is 1. The molecular weight excluding hydrogens is 264 g/mol. The van der Waals surface area contributed by atoms with Crippen LogP contribution in [0.1, 0.15) is 29.4 Å². The Morgan fingerprint density at radius 2 is 2.26 bits per heavy atom. The van der Waals surface area contributed by atoms with Gasteiger partial charge in [0, 0.05) is 22.5 Å². The zero-order valence-electron chi connectivity index (χ0n) is 10.5. The Hall–Kier alpha value is -2.01. The van der Waals surface area contributed by atoms with Crippen LogP contribution in [0.3, 0.4) is 0 Å². The van der Waals surface area contributed by atoms with E-state index in [0.29, 0.717) is 22.1 Å². The topological polar surface area (TPSA) is 83.8 Å². The molecule has 2 aromatic rings. The van der Waals surface area contributed by atoms with Crippen LogP contribution in [-0.4, -0.2) is 16.1 Å². The number of aromatic amines is 1. The average molecular weight is 279 g/mol. The van der Waals surface area contributed by atoms with Gasteiger partial charge in [0.25, 0.3) is 5.91 Å². The molecule has 5 nitrogen and oxygen atoms in total. The fourth-order valence-corrected chi connectivity index (χ4v) is 1.93. The highest BCUT2D eigenvalue weighted by molar-refractivity contribution is 6.31. The molecule has 1 aromatic carbocycles. The van der Waals surface area contributed by atoms with Gasteiger partial charge in [-0.1, -0.05) is 24.9 Å². The van der Waals surface area contributed by atoms with Crippen LogP contribution >= 0.6 is 11.6 Å². The van der Waals surface area contributed by atoms with Gasteiger partial charge in [-0.3, -0.25) is 9.89 Å². The fourth-order valence-electron chi connectivity index (χ4n) is 1.75. The predicted octanol–water partition coefficient (Wildman–Crippen LogP) is 2.85. The first-order valence-corrected chi connectivity index (χ1v) is 6.38. The van der Waals surface area contributed by atoms with Crippen molar-refractivity contribution in [3.63, 3.8) is 0 Å². The number of anilines is 2. The van der Waals surface area contributed by atoms with Crippen LogP contribution in [0.4, 0.5) is 11.5 Å². The molecule has 0 spiro atoms. The van der Waals surface area contributed by atoms with E-state index < -0.39 is 0 Å². The van der Waals surface area contributed by atoms with Crippen molar-refractivity contribution in [2.24, 2.45) is 0 Å². The Bertz CT molecular complexity index is 594. The molecule has 1 aromatic heterocycles. The predicted molar refractivity (Wildman–Crippen MR) is 76.4 cm³/mol. The number of aromatic nitrogens is 2. The molecule has 0 fully saturated rings. The maximum atomic E-state index is 12.0. The highest BCUT2D eigenvalue weighted by atomic mass is 35.5. The lowest BCUT2D eigenvalue weighted by molar-refractivity contribution is 0.102. The van der Waals surface area contributed by atoms with Crippen LogP contribution in [0.15, 0.2) is 24.3 Å². The smallest absolute Gasteiger partial charge is 0.258 e. The number of nitrogens with two attached hydrogens (primary N) is 1. The van der Waals surface area contributed by atoms with Gasteiger partial charge in [0.05, 0.1) is 5.56 Å². The Balaban J connectivity index is 2.11. The summed E-state index contributed by atoms with van der Waals surface area (Å²) in [6.07, 6.45) is 1.91. The number of hydrogen-bond acceptors (Lipinski definition) is 3. The zero-order valence-corrected chi connectivity index (χ0v) is 11.3. The van der Waals surface area contributed by atoms with Gasteiger partial charge in [-0.05, 0) is 24.6 Å². The molecule has 0 aliphatic carbocycles. The minimum atomic E-state index is -0.302. The molecule has 0 aliphatic rings. The highest BCUT2D eigenvalue weighted by Crippen LogP contribution is 2.19. The Morgan fingerprint density at radius 3 is 2.95 bits per heavy atom. The van der Waals surface area contributed by atoms with E-state index in [4.69, 9.17) is 17.3 Å². The summed E-state index contributed by atoms with van der Waals surface area (Å²) in [6.45, 7) is 2.08. The summed E-state index contributed by atoms with van der Waals surface area (Å²) in [7, 11) is 0. The molecule has 0 atom stereocenters. The Kier molecular flexibility index (Phi) is 4.06. The Morgan fingerprint density at radius 1 is 1.47 bits per heavy atom. The molecule has 0 aliphatic heterocycles. The average Bonchev–Trinajstić information content (AvgIpc) is 2.76. The van der Waals surface area contributed by atoms with Crippen molar-refractivity contribution in [1.29, 1.82) is 0 Å². The molecule has 0 unspecified atom stereocenters. The van der Waals surface area contributed by atoms with Gasteiger partial charge >= 0.3 is 0 Å². The number of halogens is 1. The summed E-state index contributed by atoms with van der Waals surface area (Å²) >= 11 is 5.79. The summed E-state index contributed by atoms with van der Waals surface area (Å²) in [5.41, 5.74) is 7.46. The molecule has 0 bridgehead atoms. The molecule has 0 radical (unpaired) electrons. The van der Waals surface area contributed by atoms with E-state index in [1.807, 2.05) is 6.07 Å². The van der Waals surface area contributed by atoms with Crippen molar-refractivity contribution in [2.45, 2.75) is 19.8 Å². The summed E-state index contributed by atoms with van der Waals surface area (Å²) < 4.78 is 0. The first-order chi connectivity index (χ1) is 9.10. The molecule has 1 amide bonds. The third kappa shape index (κ3) is 3.26. The number of hydrogen-bond donors (Lipinski definition) is 3. The fraction of sp³-hybridized carbons (Fsp3) is 0.231. The molecule has 2 rings (SSSR count). The van der Waals surface area contributed by atoms with Crippen molar-refractivity contribution in [1.82, 2.24) is 10.2 Å². The van der Waals surface area contributed by atoms with E-state index in [2.05, 4.69) is 22.4 Å². The summed E-state index contributed by atoms with van der Waals surface area (Å²) in [5, 5.41) is 10.1. The van der Waals surface area contributed by atoms with E-state index in [0.717, 1.165) is 18.5 Å². The molecule has 4 N–H and O–H groups in total. The Labute approximate surface area is 116 Å². The minimum absolute atomic E-state index is 0.302. The number of amides is 1. The first-order valence-electron chi connectivity index (χ1n) is 6.01. The monoisotopic (exact) mass is 278 g/mol. The maximum absolute atomic E-state index is 12.0. The molecular formula is C13H15ClN4O. The number of carbonyl (C=O) groups is 1. The van der Waals surface area contributed by atoms with E-state index in [9.17, 15) is 4.79 Å². The van der Waals surface area contributed by atoms with Gasteiger partial charge in [0.2, 0.25) is 0 Å². The van der Waals surface area contributed by atoms with Crippen LogP contribution in [0.2, 0.25) is 5.02 Å². The number of nitrogen functional groups attached to an aromatic ring is 1. The second-order valence-corrected chi connectivity index (χ2v) is 4.65. The van der Waals surface area contributed by atoms with Gasteiger partial charge < -0.3 is 11.1 Å². The van der Waals surface area contributed by atoms with Gasteiger partial charge in [0.15, 0.2) is 5.82 Å². The van der Waals surface area contributed by atoms with Crippen molar-refractivity contribution < 1.29 is 4.79 Å². The van der Waals surface area contributed by atoms with Crippen LogP contribution < -0.4 is 11.1 Å². The summed E-state index contributed by atoms with van der Waals surface area (Å²) in [5.74, 6) is 0.187. The van der Waals surface area contributed by atoms with Gasteiger partial charge in [-0.2, -0.15) is 5.10 Å². The van der Waals surface area contributed by atoms with Gasteiger partial charge in [0.1, 0.15) is 0 Å². The van der Waals surface area contributed by atoms with E-state index in [-0.39, 0.29) is 5.91 Å². The number of H-pyrrole nitrogens is 1. The molecule has 0 saturated carbocycles. The number of aryl methyl sites for hydroxylation is 1. The van der Waals surface area contributed by atoms with Crippen LogP contribution in [0, 0.1) is 0 Å². The number of rotatable bonds is 4. The lowest BCUT2D eigenvalue weighted by atomic mass is 10.1. The summed E-state index contributed by atoms with van der Waals surface area (Å²) in [6, 6.07) is 6.57. The number of carbonyl (C=O) groups excluding carboxylic acids is 1. The SMILES string of the molecule is CCCc1cc(NC(=O)c2ccc(Cl)cc2N)n[nH]1. The van der Waals surface area contributed by atoms with E-state index >= 15 is 0 Å². The normalized spacial score (nSPS) is 10.4. The van der Waals surface area contributed by atoms with Crippen LogP contribution in [-0.2, 0) is 6.42 Å². The molecule has 1 heterocycles. The quantitative estimate of drug-likeness (QED) is 0.752. The molecule has 0 saturated heterocycles. The van der Waals surface area contributed by atoms with Crippen LogP contribution in [0.5, 0.6) is 0 Å². The lowest BCUT2D eigenvalue weighted by Crippen LogP contribution is -2.14. The first kappa shape index (κ1) is 13.4. The van der Waals surface area contributed by atoms with E-state index in [1.54, 1.807) is 18.2 Å².